The van der Waals surface area contributed by atoms with Crippen molar-refractivity contribution < 1.29 is 14.3 Å². The first-order valence-electron chi connectivity index (χ1n) is 9.03. The number of rotatable bonds is 5. The second kappa shape index (κ2) is 7.88. The summed E-state index contributed by atoms with van der Waals surface area (Å²) in [6.07, 6.45) is 1.58. The summed E-state index contributed by atoms with van der Waals surface area (Å²) in [4.78, 5) is 14.7. The molecular formula is C23H20N2O3. The van der Waals surface area contributed by atoms with Gasteiger partial charge in [-0.3, -0.25) is 0 Å². The molecule has 2 amide bonds. The number of furan rings is 1. The zero-order valence-electron chi connectivity index (χ0n) is 15.2. The summed E-state index contributed by atoms with van der Waals surface area (Å²) in [6, 6.07) is 24.0. The van der Waals surface area contributed by atoms with Crippen molar-refractivity contribution >= 4 is 22.5 Å². The maximum Gasteiger partial charge on any atom is 0.322 e. The number of carbonyl (C=O) groups excluding carboxylic acids is 1. The van der Waals surface area contributed by atoms with E-state index in [9.17, 15) is 9.90 Å². The van der Waals surface area contributed by atoms with Crippen molar-refractivity contribution in [3.63, 3.8) is 0 Å². The highest BCUT2D eigenvalue weighted by atomic mass is 16.3. The van der Waals surface area contributed by atoms with E-state index in [1.165, 1.54) is 0 Å². The van der Waals surface area contributed by atoms with Crippen LogP contribution in [0.1, 0.15) is 11.3 Å². The number of phenolic OH excluding ortho intramolecular Hbond substituents is 1. The molecule has 0 unspecified atom stereocenters. The van der Waals surface area contributed by atoms with Crippen LogP contribution < -0.4 is 5.32 Å². The number of nitrogens with one attached hydrogen (secondary N) is 1. The molecule has 3 aromatic carbocycles. The molecule has 5 nitrogen and oxygen atoms in total. The quantitative estimate of drug-likeness (QED) is 0.495. The highest BCUT2D eigenvalue weighted by Crippen LogP contribution is 2.25. The van der Waals surface area contributed by atoms with Crippen LogP contribution in [0.25, 0.3) is 10.8 Å². The summed E-state index contributed by atoms with van der Waals surface area (Å²) in [5.74, 6) is 0.827. The number of para-hydroxylation sites is 1. The minimum Gasteiger partial charge on any atom is -0.508 e. The summed E-state index contributed by atoms with van der Waals surface area (Å²) < 4.78 is 5.42. The van der Waals surface area contributed by atoms with Gasteiger partial charge in [0.25, 0.3) is 0 Å². The van der Waals surface area contributed by atoms with E-state index >= 15 is 0 Å². The Morgan fingerprint density at radius 2 is 1.68 bits per heavy atom. The molecule has 5 heteroatoms. The van der Waals surface area contributed by atoms with Crippen LogP contribution in [0, 0.1) is 0 Å². The third-order valence-corrected chi connectivity index (χ3v) is 4.60. The van der Waals surface area contributed by atoms with Crippen LogP contribution in [0.3, 0.4) is 0 Å². The van der Waals surface area contributed by atoms with Crippen LogP contribution >= 0.6 is 0 Å². The summed E-state index contributed by atoms with van der Waals surface area (Å²) in [6.45, 7) is 0.544. The van der Waals surface area contributed by atoms with Gasteiger partial charge in [-0.05, 0) is 29.7 Å². The number of nitrogens with zero attached hydrogens (tertiary/aromatic N) is 1. The standard InChI is InChI=1S/C23H20N2O3/c26-22-13-4-2-8-18(22)15-25(16-19-10-6-14-28-19)23(27)24-21-12-5-9-17-7-1-3-11-20(17)21/h1-14,26H,15-16H2,(H,24,27). The Balaban J connectivity index is 1.61. The van der Waals surface area contributed by atoms with Gasteiger partial charge in [-0.2, -0.15) is 0 Å². The fraction of sp³-hybridized carbons (Fsp3) is 0.0870. The van der Waals surface area contributed by atoms with Gasteiger partial charge in [-0.15, -0.1) is 0 Å². The number of hydrogen-bond acceptors (Lipinski definition) is 3. The molecule has 0 fully saturated rings. The van der Waals surface area contributed by atoms with Gasteiger partial charge in [-0.25, -0.2) is 4.79 Å². The predicted octanol–water partition coefficient (Wildman–Crippen LogP) is 5.37. The number of amides is 2. The number of fused-ring (bicyclic) bond motifs is 1. The number of phenols is 1. The molecule has 28 heavy (non-hydrogen) atoms. The van der Waals surface area contributed by atoms with Crippen LogP contribution in [-0.2, 0) is 13.1 Å². The molecule has 1 heterocycles. The van der Waals surface area contributed by atoms with Crippen LogP contribution in [0.15, 0.2) is 89.5 Å². The van der Waals surface area contributed by atoms with Gasteiger partial charge in [-0.1, -0.05) is 54.6 Å². The van der Waals surface area contributed by atoms with E-state index in [1.54, 1.807) is 35.4 Å². The summed E-state index contributed by atoms with van der Waals surface area (Å²) >= 11 is 0. The molecule has 0 bridgehead atoms. The van der Waals surface area contributed by atoms with Gasteiger partial charge < -0.3 is 19.7 Å². The van der Waals surface area contributed by atoms with Crippen molar-refractivity contribution in [3.8, 4) is 5.75 Å². The number of hydrogen-bond donors (Lipinski definition) is 2. The normalized spacial score (nSPS) is 10.7. The molecule has 0 saturated heterocycles. The van der Waals surface area contributed by atoms with Crippen LogP contribution in [-0.4, -0.2) is 16.0 Å². The Morgan fingerprint density at radius 3 is 2.50 bits per heavy atom. The Morgan fingerprint density at radius 1 is 0.893 bits per heavy atom. The second-order valence-corrected chi connectivity index (χ2v) is 6.52. The maximum absolute atomic E-state index is 13.1. The van der Waals surface area contributed by atoms with Gasteiger partial charge >= 0.3 is 6.03 Å². The van der Waals surface area contributed by atoms with Crippen molar-refractivity contribution in [1.29, 1.82) is 0 Å². The smallest absolute Gasteiger partial charge is 0.322 e. The fourth-order valence-electron chi connectivity index (χ4n) is 3.17. The van der Waals surface area contributed by atoms with Crippen LogP contribution in [0.2, 0.25) is 0 Å². The molecule has 0 aliphatic rings. The van der Waals surface area contributed by atoms with E-state index in [2.05, 4.69) is 5.32 Å². The largest absolute Gasteiger partial charge is 0.508 e. The minimum atomic E-state index is -0.268. The van der Waals surface area contributed by atoms with Crippen molar-refractivity contribution in [2.75, 3.05) is 5.32 Å². The third kappa shape index (κ3) is 3.83. The highest BCUT2D eigenvalue weighted by molar-refractivity contribution is 6.01. The van der Waals surface area contributed by atoms with Crippen LogP contribution in [0.4, 0.5) is 10.5 Å². The lowest BCUT2D eigenvalue weighted by Gasteiger charge is -2.23. The lowest BCUT2D eigenvalue weighted by atomic mass is 10.1. The molecule has 1 aromatic heterocycles. The van der Waals surface area contributed by atoms with Crippen molar-refractivity contribution in [2.24, 2.45) is 0 Å². The molecule has 0 saturated carbocycles. The number of aromatic hydroxyl groups is 1. The van der Waals surface area contributed by atoms with E-state index in [4.69, 9.17) is 4.42 Å². The zero-order chi connectivity index (χ0) is 19.3. The average Bonchev–Trinajstić information content (AvgIpc) is 3.22. The Kier molecular flexibility index (Phi) is 4.97. The molecule has 4 aromatic rings. The summed E-state index contributed by atoms with van der Waals surface area (Å²) in [5, 5.41) is 15.1. The Labute approximate surface area is 162 Å². The molecule has 0 aliphatic heterocycles. The molecule has 140 valence electrons. The monoisotopic (exact) mass is 372 g/mol. The Bertz CT molecular complexity index is 1080. The van der Waals surface area contributed by atoms with Crippen molar-refractivity contribution in [3.05, 3.63) is 96.4 Å². The number of carbonyl (C=O) groups is 1. The van der Waals surface area contributed by atoms with Gasteiger partial charge in [0.1, 0.15) is 11.5 Å². The number of urea groups is 1. The lowest BCUT2D eigenvalue weighted by Crippen LogP contribution is -2.34. The molecular weight excluding hydrogens is 352 g/mol. The first-order chi connectivity index (χ1) is 13.7. The van der Waals surface area contributed by atoms with Crippen LogP contribution in [0.5, 0.6) is 5.75 Å². The maximum atomic E-state index is 13.1. The van der Waals surface area contributed by atoms with E-state index in [-0.39, 0.29) is 24.9 Å². The van der Waals surface area contributed by atoms with Gasteiger partial charge in [0, 0.05) is 10.9 Å². The summed E-state index contributed by atoms with van der Waals surface area (Å²) in [5.41, 5.74) is 1.41. The molecule has 2 N–H and O–H groups in total. The molecule has 0 atom stereocenters. The average molecular weight is 372 g/mol. The van der Waals surface area contributed by atoms with Gasteiger partial charge in [0.2, 0.25) is 0 Å². The molecule has 0 radical (unpaired) electrons. The van der Waals surface area contributed by atoms with Crippen molar-refractivity contribution in [1.82, 2.24) is 4.90 Å². The van der Waals surface area contributed by atoms with E-state index in [0.717, 1.165) is 16.5 Å². The van der Waals surface area contributed by atoms with Gasteiger partial charge in [0.05, 0.1) is 25.0 Å². The SMILES string of the molecule is O=C(Nc1cccc2ccccc12)N(Cc1ccco1)Cc1ccccc1O. The summed E-state index contributed by atoms with van der Waals surface area (Å²) in [7, 11) is 0. The highest BCUT2D eigenvalue weighted by Gasteiger charge is 2.18. The van der Waals surface area contributed by atoms with Gasteiger partial charge in [0.15, 0.2) is 0 Å². The fourth-order valence-corrected chi connectivity index (χ4v) is 3.17. The third-order valence-electron chi connectivity index (χ3n) is 4.60. The minimum absolute atomic E-state index is 0.157. The van der Waals surface area contributed by atoms with Crippen molar-refractivity contribution in [2.45, 2.75) is 13.1 Å². The topological polar surface area (TPSA) is 65.7 Å². The second-order valence-electron chi connectivity index (χ2n) is 6.52. The zero-order valence-corrected chi connectivity index (χ0v) is 15.2. The molecule has 0 aliphatic carbocycles. The Hall–Kier alpha value is -3.73. The number of benzene rings is 3. The number of anilines is 1. The van der Waals surface area contributed by atoms with E-state index in [0.29, 0.717) is 11.3 Å². The molecule has 0 spiro atoms. The predicted molar refractivity (Wildman–Crippen MR) is 109 cm³/mol. The molecule has 4 rings (SSSR count). The lowest BCUT2D eigenvalue weighted by molar-refractivity contribution is 0.200. The van der Waals surface area contributed by atoms with E-state index in [1.807, 2.05) is 54.6 Å². The van der Waals surface area contributed by atoms with E-state index < -0.39 is 0 Å². The first kappa shape index (κ1) is 17.7. The first-order valence-corrected chi connectivity index (χ1v) is 9.03.